The predicted octanol–water partition coefficient (Wildman–Crippen LogP) is 11.7. The van der Waals surface area contributed by atoms with Crippen molar-refractivity contribution in [1.82, 2.24) is 0 Å². The van der Waals surface area contributed by atoms with Crippen LogP contribution in [0.25, 0.3) is 0 Å². The minimum atomic E-state index is -0.609. The first-order valence-corrected chi connectivity index (χ1v) is 22.1. The Hall–Kier alpha value is -5.12. The van der Waals surface area contributed by atoms with Gasteiger partial charge in [0.05, 0.1) is 44.7 Å². The fraction of sp³-hybridized carbons (Fsp3) is 0.608. The Morgan fingerprint density at radius 3 is 1.03 bits per heavy atom. The van der Waals surface area contributed by atoms with E-state index in [-0.39, 0.29) is 31.3 Å². The van der Waals surface area contributed by atoms with Gasteiger partial charge in [-0.3, -0.25) is 0 Å². The lowest BCUT2D eigenvalue weighted by molar-refractivity contribution is -0.147. The van der Waals surface area contributed by atoms with E-state index >= 15 is 0 Å². The summed E-state index contributed by atoms with van der Waals surface area (Å²) < 4.78 is 31.2. The molecule has 15 heteroatoms. The molecule has 0 aliphatic carbocycles. The third-order valence-corrected chi connectivity index (χ3v) is 4.37. The van der Waals surface area contributed by atoms with E-state index in [9.17, 15) is 28.8 Å². The van der Waals surface area contributed by atoms with E-state index in [0.29, 0.717) is 49.3 Å². The van der Waals surface area contributed by atoms with Crippen molar-refractivity contribution in [3.8, 4) is 0 Å². The number of allylic oxidation sites excluding steroid dienone is 1. The molecule has 0 radical (unpaired) electrons. The van der Waals surface area contributed by atoms with Gasteiger partial charge in [-0.2, -0.15) is 0 Å². The van der Waals surface area contributed by atoms with Gasteiger partial charge in [0.2, 0.25) is 0 Å². The second kappa shape index (κ2) is 90.6. The van der Waals surface area contributed by atoms with Crippen molar-refractivity contribution < 1.29 is 72.1 Å². The minimum Gasteiger partial charge on any atom is -0.463 e. The van der Waals surface area contributed by atoms with E-state index in [0.717, 1.165) is 31.3 Å². The molecule has 15 nitrogen and oxygen atoms in total. The number of hydrogen-bond donors (Lipinski definition) is 2. The molecule has 66 heavy (non-hydrogen) atoms. The molecule has 0 bridgehead atoms. The molecule has 394 valence electrons. The topological polar surface area (TPSA) is 211 Å². The molecule has 1 aliphatic rings. The molecule has 0 saturated carbocycles. The number of epoxide rings is 1. The Morgan fingerprint density at radius 2 is 0.864 bits per heavy atom. The second-order valence-corrected chi connectivity index (χ2v) is 10.5. The predicted molar refractivity (Wildman–Crippen MR) is 274 cm³/mol. The number of hydrogen-bond acceptors (Lipinski definition) is 15. The maximum absolute atomic E-state index is 10.8. The lowest BCUT2D eigenvalue weighted by atomic mass is 10.3. The first kappa shape index (κ1) is 91.4. The van der Waals surface area contributed by atoms with E-state index in [1.54, 1.807) is 39.8 Å². The highest BCUT2D eigenvalue weighted by atomic mass is 16.6. The first-order valence-electron chi connectivity index (χ1n) is 22.1. The number of rotatable bonds is 15. The molecule has 1 saturated heterocycles. The summed E-state index contributed by atoms with van der Waals surface area (Å²) in [5.41, 5.74) is 1.13. The van der Waals surface area contributed by atoms with Crippen LogP contribution in [-0.2, 0) is 61.9 Å². The van der Waals surface area contributed by atoms with Gasteiger partial charge < -0.3 is 43.4 Å². The largest absolute Gasteiger partial charge is 0.463 e. The summed E-state index contributed by atoms with van der Waals surface area (Å²) in [4.78, 5) is 61.7. The molecule has 0 aromatic rings. The molecule has 0 aromatic heterocycles. The number of carbonyl (C=O) groups excluding carboxylic acids is 6. The van der Waals surface area contributed by atoms with Crippen molar-refractivity contribution in [3.63, 3.8) is 0 Å². The Kier molecular flexibility index (Phi) is 125. The summed E-state index contributed by atoms with van der Waals surface area (Å²) in [5.74, 6) is -2.53. The quantitative estimate of drug-likeness (QED) is 0.0390. The van der Waals surface area contributed by atoms with Gasteiger partial charge in [-0.25, -0.2) is 28.8 Å². The summed E-state index contributed by atoms with van der Waals surface area (Å²) in [6, 6.07) is 0. The zero-order valence-corrected chi connectivity index (χ0v) is 44.2. The van der Waals surface area contributed by atoms with Crippen LogP contribution < -0.4 is 0 Å². The van der Waals surface area contributed by atoms with Gasteiger partial charge in [0.25, 0.3) is 0 Å². The molecule has 1 fully saturated rings. The van der Waals surface area contributed by atoms with Crippen LogP contribution >= 0.6 is 0 Å². The normalized spacial score (nSPS) is 9.48. The molecule has 2 N–H and O–H groups in total. The van der Waals surface area contributed by atoms with Crippen LogP contribution in [0.4, 0.5) is 0 Å². The second-order valence-electron chi connectivity index (χ2n) is 10.5. The number of carbonyl (C=O) groups is 6. The Morgan fingerprint density at radius 1 is 0.561 bits per heavy atom. The monoisotopic (exact) mass is 953 g/mol. The van der Waals surface area contributed by atoms with Crippen molar-refractivity contribution in [3.05, 3.63) is 86.6 Å². The number of ether oxygens (including phenoxy) is 7. The smallest absolute Gasteiger partial charge is 0.337 e. The van der Waals surface area contributed by atoms with Crippen LogP contribution in [0.3, 0.4) is 0 Å². The fourth-order valence-electron chi connectivity index (χ4n) is 1.82. The molecule has 1 rings (SSSR count). The standard InChI is InChI=1S/C8H12O2.2C6H10O2.C5H8O3.C5H8O2.C4H6O3.C4H8O.2C3H8.3C2H6.CH4/c1-4-6-7(3)8(9)10-5-2;1-4-8-6(7)5(2)3;1-3-5-8-6(7)4-2;1-4(2)5(7)8-3-6;1-3-5(6)7-4-2;1-2-4(6)7-3-5;1-2-4-3-5-4;2*1-3-2;3*1-2;/h4,6H,3,5H2,1-2H3;2,4H2,1,3H3;4H,2-3,5H2,1H3;6H,1,3H2,2H3;3H,1,4H2,2H3;2,5H,1,3H2;4H,2-3H2,1H3;2*3H2,1-2H3;3*1-2H3;1H4. The average Bonchev–Trinajstić information content (AvgIpc) is 4.15. The Bertz CT molecular complexity index is 1100. The van der Waals surface area contributed by atoms with E-state index in [1.165, 1.54) is 26.2 Å². The van der Waals surface area contributed by atoms with E-state index in [1.807, 2.05) is 55.4 Å². The molecule has 1 atom stereocenters. The number of aliphatic hydroxyl groups is 2. The summed E-state index contributed by atoms with van der Waals surface area (Å²) >= 11 is 0. The average molecular weight is 953 g/mol. The van der Waals surface area contributed by atoms with Gasteiger partial charge in [-0.05, 0) is 54.4 Å². The van der Waals surface area contributed by atoms with Crippen molar-refractivity contribution in [2.45, 2.75) is 164 Å². The molecule has 0 aromatic carbocycles. The molecule has 1 aliphatic heterocycles. The zero-order chi connectivity index (χ0) is 54.0. The van der Waals surface area contributed by atoms with Crippen LogP contribution in [0.1, 0.15) is 158 Å². The molecular weight excluding hydrogens is 853 g/mol. The van der Waals surface area contributed by atoms with Crippen molar-refractivity contribution in [1.29, 1.82) is 0 Å². The molecular formula is C51H100O15. The molecule has 0 spiro atoms. The zero-order valence-electron chi connectivity index (χ0n) is 44.2. The van der Waals surface area contributed by atoms with Gasteiger partial charge in [0.1, 0.15) is 0 Å². The van der Waals surface area contributed by atoms with Crippen molar-refractivity contribution in [2.75, 3.05) is 46.6 Å². The summed E-state index contributed by atoms with van der Waals surface area (Å²) in [7, 11) is 0. The van der Waals surface area contributed by atoms with Gasteiger partial charge in [-0.1, -0.05) is 155 Å². The highest BCUT2D eigenvalue weighted by Gasteiger charge is 2.18. The third kappa shape index (κ3) is 124. The Balaban J connectivity index is -0.0000000496. The Labute approximate surface area is 404 Å². The first-order chi connectivity index (χ1) is 30.8. The molecule has 1 unspecified atom stereocenters. The highest BCUT2D eigenvalue weighted by Crippen LogP contribution is 2.10. The van der Waals surface area contributed by atoms with Crippen LogP contribution in [0, 0.1) is 0 Å². The lowest BCUT2D eigenvalue weighted by Crippen LogP contribution is -2.04. The van der Waals surface area contributed by atoms with Crippen LogP contribution in [-0.4, -0.2) is 98.8 Å². The summed E-state index contributed by atoms with van der Waals surface area (Å²) in [5, 5.41) is 15.9. The van der Waals surface area contributed by atoms with Crippen LogP contribution in [0.15, 0.2) is 86.6 Å². The van der Waals surface area contributed by atoms with Gasteiger partial charge in [0.15, 0.2) is 13.6 Å². The highest BCUT2D eigenvalue weighted by molar-refractivity contribution is 5.90. The summed E-state index contributed by atoms with van der Waals surface area (Å²) in [6.07, 6.45) is 11.8. The molecule has 0 amide bonds. The van der Waals surface area contributed by atoms with Crippen LogP contribution in [0.5, 0.6) is 0 Å². The van der Waals surface area contributed by atoms with E-state index in [2.05, 4.69) is 103 Å². The lowest BCUT2D eigenvalue weighted by Gasteiger charge is -1.98. The van der Waals surface area contributed by atoms with E-state index in [4.69, 9.17) is 14.9 Å². The van der Waals surface area contributed by atoms with Crippen LogP contribution in [0.2, 0.25) is 0 Å². The minimum absolute atomic E-state index is 0. The van der Waals surface area contributed by atoms with Gasteiger partial charge >= 0.3 is 35.8 Å². The SMILES string of the molecule is C.C=C(C)C(=O)OCC.C=C(C)C(=O)OCO.C=C(C=CC)C(=O)OCC.C=CC(=O)OCC.C=CC(=O)OCCC.C=CC(=O)OCO.CC.CC.CC.CCC.CCC.CCC1CO1. The van der Waals surface area contributed by atoms with E-state index < -0.39 is 25.5 Å². The third-order valence-electron chi connectivity index (χ3n) is 4.37. The number of esters is 6. The van der Waals surface area contributed by atoms with Gasteiger partial charge in [0, 0.05) is 29.4 Å². The fourth-order valence-corrected chi connectivity index (χ4v) is 1.82. The van der Waals surface area contributed by atoms with Gasteiger partial charge in [-0.15, -0.1) is 0 Å². The maximum atomic E-state index is 10.8. The number of aliphatic hydroxyl groups excluding tert-OH is 2. The maximum Gasteiger partial charge on any atom is 0.337 e. The summed E-state index contributed by atoms with van der Waals surface area (Å²) in [6.45, 7) is 56.1. The van der Waals surface area contributed by atoms with Crippen molar-refractivity contribution >= 4 is 35.8 Å². The van der Waals surface area contributed by atoms with Crippen molar-refractivity contribution in [2.24, 2.45) is 0 Å². The molecule has 1 heterocycles.